The van der Waals surface area contributed by atoms with Crippen LogP contribution in [0.1, 0.15) is 109 Å². The Bertz CT molecular complexity index is 937. The molecule has 0 aliphatic rings. The average molecular weight is 574 g/mol. The highest BCUT2D eigenvalue weighted by Crippen LogP contribution is 2.22. The van der Waals surface area contributed by atoms with Crippen LogP contribution in [-0.2, 0) is 11.2 Å². The summed E-state index contributed by atoms with van der Waals surface area (Å²) in [6.07, 6.45) is 14.5. The number of ether oxygens (including phenoxy) is 1. The van der Waals surface area contributed by atoms with Gasteiger partial charge in [0.05, 0.1) is 18.8 Å². The number of hydrogen-bond donors (Lipinski definition) is 4. The molecule has 1 amide bonds. The molecule has 0 saturated carbocycles. The number of halogens is 1. The molecule has 4 N–H and O–H groups in total. The molecule has 1 unspecified atom stereocenters. The summed E-state index contributed by atoms with van der Waals surface area (Å²) in [6.45, 7) is 1.81. The molecule has 2 aromatic rings. The van der Waals surface area contributed by atoms with Gasteiger partial charge in [-0.1, -0.05) is 96.1 Å². The maximum Gasteiger partial charge on any atom is 0.220 e. The van der Waals surface area contributed by atoms with E-state index in [1.54, 1.807) is 12.1 Å². The molecule has 41 heavy (non-hydrogen) atoms. The lowest BCUT2D eigenvalue weighted by atomic mass is 9.99. The molecule has 0 bridgehead atoms. The maximum atomic E-state index is 13.0. The van der Waals surface area contributed by atoms with Crippen molar-refractivity contribution in [2.45, 2.75) is 128 Å². The molecule has 0 aliphatic carbocycles. The van der Waals surface area contributed by atoms with Crippen LogP contribution >= 0.6 is 0 Å². The van der Waals surface area contributed by atoms with E-state index in [2.05, 4.69) is 12.2 Å². The van der Waals surface area contributed by atoms with Gasteiger partial charge in [-0.25, -0.2) is 4.39 Å². The van der Waals surface area contributed by atoms with Gasteiger partial charge in [0.1, 0.15) is 23.4 Å². The summed E-state index contributed by atoms with van der Waals surface area (Å²) < 4.78 is 18.7. The summed E-state index contributed by atoms with van der Waals surface area (Å²) in [5.41, 5.74) is 1.04. The third-order valence-corrected chi connectivity index (χ3v) is 7.54. The molecule has 0 spiro atoms. The van der Waals surface area contributed by atoms with Gasteiger partial charge in [0.15, 0.2) is 0 Å². The van der Waals surface area contributed by atoms with Crippen molar-refractivity contribution >= 4 is 5.91 Å². The second kappa shape index (κ2) is 21.3. The Labute approximate surface area is 246 Å². The number of aryl methyl sites for hydroxylation is 1. The van der Waals surface area contributed by atoms with Gasteiger partial charge in [-0.15, -0.1) is 0 Å². The van der Waals surface area contributed by atoms with E-state index in [0.29, 0.717) is 30.8 Å². The molecule has 0 fully saturated rings. The minimum absolute atomic E-state index is 0.242. The van der Waals surface area contributed by atoms with E-state index in [9.17, 15) is 24.5 Å². The zero-order valence-corrected chi connectivity index (χ0v) is 24.9. The van der Waals surface area contributed by atoms with Crippen LogP contribution in [0.2, 0.25) is 0 Å². The van der Waals surface area contributed by atoms with Gasteiger partial charge in [0.25, 0.3) is 0 Å². The summed E-state index contributed by atoms with van der Waals surface area (Å²) in [4.78, 5) is 12.4. The van der Waals surface area contributed by atoms with Crippen LogP contribution in [0.25, 0.3) is 0 Å². The highest BCUT2D eigenvalue weighted by molar-refractivity contribution is 5.76. The topological polar surface area (TPSA) is 99.0 Å². The van der Waals surface area contributed by atoms with Crippen molar-refractivity contribution in [2.75, 3.05) is 6.61 Å². The number of benzene rings is 2. The van der Waals surface area contributed by atoms with E-state index < -0.39 is 24.9 Å². The molecule has 0 aromatic heterocycles. The van der Waals surface area contributed by atoms with Gasteiger partial charge in [-0.2, -0.15) is 0 Å². The predicted molar refractivity (Wildman–Crippen MR) is 163 cm³/mol. The molecule has 0 saturated heterocycles. The molecule has 0 radical (unpaired) electrons. The summed E-state index contributed by atoms with van der Waals surface area (Å²) in [5.74, 6) is 0.607. The van der Waals surface area contributed by atoms with Crippen molar-refractivity contribution in [3.63, 3.8) is 0 Å². The van der Waals surface area contributed by atoms with Gasteiger partial charge in [-0.3, -0.25) is 4.79 Å². The number of amides is 1. The average Bonchev–Trinajstić information content (AvgIpc) is 2.98. The fourth-order valence-corrected chi connectivity index (χ4v) is 4.97. The molecule has 2 aromatic carbocycles. The lowest BCUT2D eigenvalue weighted by Crippen LogP contribution is -2.50. The quantitative estimate of drug-likeness (QED) is 0.105. The summed E-state index contributed by atoms with van der Waals surface area (Å²) in [7, 11) is 0. The SMILES string of the molecule is CCCCCCCCCCCCCC[C@@H](O)[C@@H](O)C(CO)NC(=O)CCCc1ccc(Oc2ccc(F)cc2)cc1. The number of nitrogens with one attached hydrogen (secondary N) is 1. The third-order valence-electron chi connectivity index (χ3n) is 7.54. The first-order valence-electron chi connectivity index (χ1n) is 15.7. The number of rotatable bonds is 23. The first-order chi connectivity index (χ1) is 19.9. The minimum atomic E-state index is -1.20. The molecule has 6 nitrogen and oxygen atoms in total. The fraction of sp³-hybridized carbons (Fsp3) is 0.618. The summed E-state index contributed by atoms with van der Waals surface area (Å²) in [5, 5.41) is 33.3. The Morgan fingerprint density at radius 2 is 1.29 bits per heavy atom. The summed E-state index contributed by atoms with van der Waals surface area (Å²) in [6, 6.07) is 12.4. The van der Waals surface area contributed by atoms with E-state index in [1.165, 1.54) is 69.9 Å². The highest BCUT2D eigenvalue weighted by atomic mass is 19.1. The number of hydrogen-bond acceptors (Lipinski definition) is 5. The van der Waals surface area contributed by atoms with E-state index in [4.69, 9.17) is 4.74 Å². The van der Waals surface area contributed by atoms with Crippen molar-refractivity contribution in [2.24, 2.45) is 0 Å². The zero-order valence-electron chi connectivity index (χ0n) is 24.9. The first kappa shape index (κ1) is 34.7. The standard InChI is InChI=1S/C34H52FNO5/c1-2-3-4-5-6-7-8-9-10-11-12-13-16-32(38)34(40)31(26-37)36-33(39)17-14-15-27-18-22-29(23-19-27)41-30-24-20-28(35)21-25-30/h18-25,31-32,34,37-38,40H,2-17,26H2,1H3,(H,36,39)/t31?,32-,34+/m1/s1. The van der Waals surface area contributed by atoms with Crippen molar-refractivity contribution in [1.29, 1.82) is 0 Å². The maximum absolute atomic E-state index is 13.0. The Morgan fingerprint density at radius 3 is 1.83 bits per heavy atom. The number of aliphatic hydroxyl groups is 3. The molecule has 3 atom stereocenters. The minimum Gasteiger partial charge on any atom is -0.457 e. The van der Waals surface area contributed by atoms with Crippen LogP contribution in [0.15, 0.2) is 48.5 Å². The van der Waals surface area contributed by atoms with E-state index in [1.807, 2.05) is 24.3 Å². The van der Waals surface area contributed by atoms with E-state index >= 15 is 0 Å². The number of unbranched alkanes of at least 4 members (excludes halogenated alkanes) is 11. The monoisotopic (exact) mass is 573 g/mol. The van der Waals surface area contributed by atoms with Gasteiger partial charge in [0, 0.05) is 6.42 Å². The lowest BCUT2D eigenvalue weighted by molar-refractivity contribution is -0.124. The predicted octanol–water partition coefficient (Wildman–Crippen LogP) is 7.23. The first-order valence-corrected chi connectivity index (χ1v) is 15.7. The molecule has 230 valence electrons. The zero-order chi connectivity index (χ0) is 29.7. The molecule has 0 heterocycles. The number of carbonyl (C=O) groups is 1. The third kappa shape index (κ3) is 15.4. The smallest absolute Gasteiger partial charge is 0.220 e. The van der Waals surface area contributed by atoms with Crippen molar-refractivity contribution in [1.82, 2.24) is 5.32 Å². The van der Waals surface area contributed by atoms with Gasteiger partial charge in [-0.05, 0) is 61.2 Å². The van der Waals surface area contributed by atoms with Gasteiger partial charge < -0.3 is 25.4 Å². The molecule has 2 rings (SSSR count). The number of aliphatic hydroxyl groups excluding tert-OH is 3. The lowest BCUT2D eigenvalue weighted by Gasteiger charge is -2.26. The normalized spacial score (nSPS) is 13.5. The molecule has 7 heteroatoms. The van der Waals surface area contributed by atoms with Crippen molar-refractivity contribution in [3.05, 3.63) is 59.9 Å². The molecule has 0 aliphatic heterocycles. The van der Waals surface area contributed by atoms with Crippen LogP contribution in [0.5, 0.6) is 11.5 Å². The molecular formula is C34H52FNO5. The van der Waals surface area contributed by atoms with Crippen LogP contribution in [0.3, 0.4) is 0 Å². The summed E-state index contributed by atoms with van der Waals surface area (Å²) >= 11 is 0. The van der Waals surface area contributed by atoms with Crippen LogP contribution in [0.4, 0.5) is 4.39 Å². The van der Waals surface area contributed by atoms with E-state index in [-0.39, 0.29) is 18.1 Å². The Morgan fingerprint density at radius 1 is 0.780 bits per heavy atom. The van der Waals surface area contributed by atoms with Crippen LogP contribution in [-0.4, -0.2) is 46.1 Å². The van der Waals surface area contributed by atoms with Crippen molar-refractivity contribution in [3.8, 4) is 11.5 Å². The van der Waals surface area contributed by atoms with Crippen LogP contribution < -0.4 is 10.1 Å². The van der Waals surface area contributed by atoms with E-state index in [0.717, 1.165) is 24.8 Å². The Hall–Kier alpha value is -2.48. The van der Waals surface area contributed by atoms with Crippen LogP contribution in [0, 0.1) is 5.82 Å². The second-order valence-electron chi connectivity index (χ2n) is 11.1. The Kier molecular flexibility index (Phi) is 18.0. The number of carbonyl (C=O) groups excluding carboxylic acids is 1. The Balaban J connectivity index is 1.56. The largest absolute Gasteiger partial charge is 0.457 e. The second-order valence-corrected chi connectivity index (χ2v) is 11.1. The van der Waals surface area contributed by atoms with Crippen molar-refractivity contribution < 1.29 is 29.2 Å². The highest BCUT2D eigenvalue weighted by Gasteiger charge is 2.26. The van der Waals surface area contributed by atoms with Gasteiger partial charge >= 0.3 is 0 Å². The molecular weight excluding hydrogens is 521 g/mol. The fourth-order valence-electron chi connectivity index (χ4n) is 4.97. The van der Waals surface area contributed by atoms with Gasteiger partial charge in [0.2, 0.25) is 5.91 Å².